The second-order valence-electron chi connectivity index (χ2n) is 12.2. The smallest absolute Gasteiger partial charge is 0.261 e. The molecule has 3 aromatic carbocycles. The summed E-state index contributed by atoms with van der Waals surface area (Å²) in [4.78, 5) is 32.0. The number of hydrogen-bond donors (Lipinski definition) is 2. The molecule has 0 unspecified atom stereocenters. The molecule has 0 spiro atoms. The SMILES string of the molecule is COc1ccc(-c2cnc(N)c(-c3ccc(NC(=O)c4cn(CC5CCOCC5)cc(-c5ccc(C)cc5)c4=O)cc3C)c2)cc1OC. The Morgan fingerprint density at radius 1 is 0.875 bits per heavy atom. The third-order valence-corrected chi connectivity index (χ3v) is 8.91. The number of hydrogen-bond acceptors (Lipinski definition) is 7. The Morgan fingerprint density at radius 3 is 2.31 bits per heavy atom. The van der Waals surface area contributed by atoms with Crippen LogP contribution in [0, 0.1) is 19.8 Å². The van der Waals surface area contributed by atoms with Crippen LogP contribution in [0.15, 0.2) is 90.1 Å². The summed E-state index contributed by atoms with van der Waals surface area (Å²) in [5.74, 6) is 1.59. The van der Waals surface area contributed by atoms with E-state index < -0.39 is 5.91 Å². The predicted octanol–water partition coefficient (Wildman–Crippen LogP) is 7.14. The van der Waals surface area contributed by atoms with E-state index in [1.54, 1.807) is 26.6 Å². The first-order valence-corrected chi connectivity index (χ1v) is 16.0. The van der Waals surface area contributed by atoms with Gasteiger partial charge >= 0.3 is 0 Å². The van der Waals surface area contributed by atoms with E-state index in [0.29, 0.717) is 41.0 Å². The Labute approximate surface area is 280 Å². The van der Waals surface area contributed by atoms with E-state index in [1.807, 2.05) is 91.3 Å². The van der Waals surface area contributed by atoms with Crippen molar-refractivity contribution in [2.75, 3.05) is 38.5 Å². The first kappa shape index (κ1) is 32.5. The highest BCUT2D eigenvalue weighted by molar-refractivity contribution is 6.05. The molecular weight excluding hydrogens is 604 g/mol. The zero-order valence-corrected chi connectivity index (χ0v) is 27.7. The number of nitrogen functional groups attached to an aromatic ring is 1. The van der Waals surface area contributed by atoms with Gasteiger partial charge in [-0.15, -0.1) is 0 Å². The van der Waals surface area contributed by atoms with Crippen LogP contribution in [0.1, 0.15) is 34.3 Å². The molecule has 0 saturated carbocycles. The number of pyridine rings is 2. The maximum absolute atomic E-state index is 13.8. The molecular formula is C39H40N4O5. The lowest BCUT2D eigenvalue weighted by Crippen LogP contribution is -2.26. The third kappa shape index (κ3) is 6.96. The van der Waals surface area contributed by atoms with E-state index in [0.717, 1.165) is 65.0 Å². The lowest BCUT2D eigenvalue weighted by Gasteiger charge is -2.23. The molecule has 246 valence electrons. The third-order valence-electron chi connectivity index (χ3n) is 8.91. The Morgan fingerprint density at radius 2 is 1.60 bits per heavy atom. The lowest BCUT2D eigenvalue weighted by molar-refractivity contribution is 0.0612. The van der Waals surface area contributed by atoms with Crippen LogP contribution in [0.4, 0.5) is 11.5 Å². The Kier molecular flexibility index (Phi) is 9.59. The first-order chi connectivity index (χ1) is 23.2. The average Bonchev–Trinajstić information content (AvgIpc) is 3.10. The number of amides is 1. The van der Waals surface area contributed by atoms with Crippen LogP contribution < -0.4 is 26.0 Å². The average molecular weight is 645 g/mol. The van der Waals surface area contributed by atoms with Gasteiger partial charge in [0, 0.05) is 60.7 Å². The zero-order chi connectivity index (χ0) is 33.8. The van der Waals surface area contributed by atoms with E-state index >= 15 is 0 Å². The molecule has 0 radical (unpaired) electrons. The van der Waals surface area contributed by atoms with E-state index in [-0.39, 0.29) is 11.0 Å². The molecule has 0 aliphatic carbocycles. The summed E-state index contributed by atoms with van der Waals surface area (Å²) < 4.78 is 18.4. The molecule has 1 aliphatic heterocycles. The van der Waals surface area contributed by atoms with Gasteiger partial charge in [0.1, 0.15) is 11.4 Å². The molecule has 9 nitrogen and oxygen atoms in total. The molecule has 0 bridgehead atoms. The van der Waals surface area contributed by atoms with Crippen molar-refractivity contribution in [3.05, 3.63) is 112 Å². The number of aromatic nitrogens is 2. The van der Waals surface area contributed by atoms with E-state index in [1.165, 1.54) is 0 Å². The minimum atomic E-state index is -0.460. The number of benzene rings is 3. The number of rotatable bonds is 9. The first-order valence-electron chi connectivity index (χ1n) is 16.0. The largest absolute Gasteiger partial charge is 0.493 e. The van der Waals surface area contributed by atoms with Crippen molar-refractivity contribution in [1.82, 2.24) is 9.55 Å². The summed E-state index contributed by atoms with van der Waals surface area (Å²) in [5.41, 5.74) is 13.4. The second-order valence-corrected chi connectivity index (χ2v) is 12.2. The van der Waals surface area contributed by atoms with Crippen molar-refractivity contribution in [2.24, 2.45) is 5.92 Å². The molecule has 9 heteroatoms. The molecule has 1 amide bonds. The van der Waals surface area contributed by atoms with Gasteiger partial charge in [0.25, 0.3) is 5.91 Å². The topological polar surface area (TPSA) is 118 Å². The fraction of sp³-hybridized carbons (Fsp3) is 0.256. The second kappa shape index (κ2) is 14.1. The monoisotopic (exact) mass is 644 g/mol. The van der Waals surface area contributed by atoms with Crippen LogP contribution in [0.2, 0.25) is 0 Å². The highest BCUT2D eigenvalue weighted by atomic mass is 16.5. The Hall–Kier alpha value is -5.41. The van der Waals surface area contributed by atoms with E-state index in [9.17, 15) is 9.59 Å². The Bertz CT molecular complexity index is 2010. The molecule has 6 rings (SSSR count). The number of aryl methyl sites for hydroxylation is 2. The number of carbonyl (C=O) groups is 1. The van der Waals surface area contributed by atoms with Gasteiger partial charge in [0.05, 0.1) is 14.2 Å². The minimum absolute atomic E-state index is 0.0953. The normalized spacial score (nSPS) is 13.2. The van der Waals surface area contributed by atoms with Crippen LogP contribution in [0.3, 0.4) is 0 Å². The maximum Gasteiger partial charge on any atom is 0.261 e. The standard InChI is InChI=1S/C39H40N4O5/c1-24-5-7-27(8-6-24)33-22-43(21-26-13-15-48-16-14-26)23-34(37(33)44)39(45)42-30-10-11-31(25(2)17-30)32-18-29(20-41-38(32)40)28-9-12-35(46-3)36(19-28)47-4/h5-12,17-20,22-23,26H,13-16,21H2,1-4H3,(H2,40,41)(H,42,45). The highest BCUT2D eigenvalue weighted by Crippen LogP contribution is 2.36. The highest BCUT2D eigenvalue weighted by Gasteiger charge is 2.20. The van der Waals surface area contributed by atoms with E-state index in [4.69, 9.17) is 19.9 Å². The molecule has 1 fully saturated rings. The van der Waals surface area contributed by atoms with Gasteiger partial charge in [0.2, 0.25) is 5.43 Å². The predicted molar refractivity (Wildman–Crippen MR) is 190 cm³/mol. The van der Waals surface area contributed by atoms with Gasteiger partial charge in [-0.2, -0.15) is 0 Å². The van der Waals surface area contributed by atoms with Crippen molar-refractivity contribution in [3.63, 3.8) is 0 Å². The van der Waals surface area contributed by atoms with Crippen LogP contribution >= 0.6 is 0 Å². The summed E-state index contributed by atoms with van der Waals surface area (Å²) in [5, 5.41) is 2.97. The van der Waals surface area contributed by atoms with Crippen LogP contribution in [0.25, 0.3) is 33.4 Å². The van der Waals surface area contributed by atoms with Gasteiger partial charge in [0.15, 0.2) is 11.5 Å². The van der Waals surface area contributed by atoms with Crippen LogP contribution in [-0.2, 0) is 11.3 Å². The summed E-state index contributed by atoms with van der Waals surface area (Å²) in [7, 11) is 3.20. The number of nitrogens with two attached hydrogens (primary N) is 1. The molecule has 1 aliphatic rings. The van der Waals surface area contributed by atoms with Crippen molar-refractivity contribution in [3.8, 4) is 44.9 Å². The molecule has 3 heterocycles. The van der Waals surface area contributed by atoms with Crippen LogP contribution in [-0.4, -0.2) is 42.9 Å². The fourth-order valence-electron chi connectivity index (χ4n) is 6.17. The van der Waals surface area contributed by atoms with E-state index in [2.05, 4.69) is 10.3 Å². The molecule has 1 saturated heterocycles. The van der Waals surface area contributed by atoms with Gasteiger partial charge < -0.3 is 29.8 Å². The Balaban J connectivity index is 1.29. The molecule has 48 heavy (non-hydrogen) atoms. The number of ether oxygens (including phenoxy) is 3. The van der Waals surface area contributed by atoms with Gasteiger partial charge in [-0.05, 0) is 85.2 Å². The van der Waals surface area contributed by atoms with Crippen molar-refractivity contribution in [1.29, 1.82) is 0 Å². The number of methoxy groups -OCH3 is 2. The number of nitrogens with one attached hydrogen (secondary N) is 1. The van der Waals surface area contributed by atoms with Crippen molar-refractivity contribution < 1.29 is 19.0 Å². The molecule has 0 atom stereocenters. The fourth-order valence-corrected chi connectivity index (χ4v) is 6.17. The number of anilines is 2. The quantitative estimate of drug-likeness (QED) is 0.175. The summed E-state index contributed by atoms with van der Waals surface area (Å²) in [6.07, 6.45) is 7.15. The molecule has 2 aromatic heterocycles. The molecule has 3 N–H and O–H groups in total. The lowest BCUT2D eigenvalue weighted by atomic mass is 9.97. The number of nitrogens with zero attached hydrogens (tertiary/aromatic N) is 2. The van der Waals surface area contributed by atoms with Gasteiger partial charge in [-0.1, -0.05) is 42.0 Å². The van der Waals surface area contributed by atoms with Crippen LogP contribution in [0.5, 0.6) is 11.5 Å². The zero-order valence-electron chi connectivity index (χ0n) is 27.7. The van der Waals surface area contributed by atoms with Gasteiger partial charge in [-0.3, -0.25) is 9.59 Å². The summed E-state index contributed by atoms with van der Waals surface area (Å²) >= 11 is 0. The number of carbonyl (C=O) groups excluding carboxylic acids is 1. The van der Waals surface area contributed by atoms with Gasteiger partial charge in [-0.25, -0.2) is 4.98 Å². The maximum atomic E-state index is 13.8. The summed E-state index contributed by atoms with van der Waals surface area (Å²) in [6, 6.07) is 21.1. The minimum Gasteiger partial charge on any atom is -0.493 e. The van der Waals surface area contributed by atoms with Crippen molar-refractivity contribution in [2.45, 2.75) is 33.2 Å². The molecule has 5 aromatic rings. The van der Waals surface area contributed by atoms with Crippen molar-refractivity contribution >= 4 is 17.4 Å². The summed E-state index contributed by atoms with van der Waals surface area (Å²) in [6.45, 7) is 6.10.